The monoisotopic (exact) mass is 499 g/mol. The molecule has 3 aliphatic heterocycles. The van der Waals surface area contributed by atoms with E-state index < -0.39 is 87.0 Å². The number of unbranched alkanes of at least 4 members (excludes halogenated alkanes) is 2. The summed E-state index contributed by atoms with van der Waals surface area (Å²) in [6.07, 6.45) is -12.6. The summed E-state index contributed by atoms with van der Waals surface area (Å²) in [6, 6.07) is 0. The van der Waals surface area contributed by atoms with Gasteiger partial charge in [-0.25, -0.2) is 0 Å². The molecule has 12 atom stereocenters. The second kappa shape index (κ2) is 13.1. The second-order valence-corrected chi connectivity index (χ2v) is 8.60. The molecule has 0 spiro atoms. The molecule has 200 valence electrons. The Kier molecular flexibility index (Phi) is 10.8. The molecule has 3 rings (SSSR count). The lowest BCUT2D eigenvalue weighted by Crippen LogP contribution is -2.44. The highest BCUT2D eigenvalue weighted by Crippen LogP contribution is 2.32. The van der Waals surface area contributed by atoms with E-state index in [4.69, 9.17) is 34.2 Å². The van der Waals surface area contributed by atoms with Gasteiger partial charge in [0.25, 0.3) is 0 Å². The van der Waals surface area contributed by atoms with Gasteiger partial charge in [-0.15, -0.1) is 0 Å². The van der Waals surface area contributed by atoms with E-state index in [0.717, 1.165) is 12.8 Å². The Labute approximate surface area is 196 Å². The first-order chi connectivity index (χ1) is 16.3. The van der Waals surface area contributed by atoms with Crippen molar-refractivity contribution < 1.29 is 64.2 Å². The molecule has 0 bridgehead atoms. The Morgan fingerprint density at radius 3 is 1.76 bits per heavy atom. The Bertz CT molecular complexity index is 603. The van der Waals surface area contributed by atoms with Crippen molar-refractivity contribution in [1.29, 1.82) is 0 Å². The minimum Gasteiger partial charge on any atom is -0.394 e. The number of aliphatic hydroxyl groups is 7. The summed E-state index contributed by atoms with van der Waals surface area (Å²) >= 11 is 0. The molecule has 14 heteroatoms. The van der Waals surface area contributed by atoms with Gasteiger partial charge < -0.3 is 69.9 Å². The Balaban J connectivity index is 1.62. The molecular weight excluding hydrogens is 462 g/mol. The van der Waals surface area contributed by atoms with E-state index in [1.165, 1.54) is 0 Å². The van der Waals surface area contributed by atoms with E-state index in [0.29, 0.717) is 13.0 Å². The average Bonchev–Trinajstić information content (AvgIpc) is 3.39. The van der Waals surface area contributed by atoms with Crippen molar-refractivity contribution in [3.05, 3.63) is 0 Å². The number of nitrogens with two attached hydrogens (primary N) is 1. The van der Waals surface area contributed by atoms with Crippen LogP contribution in [-0.2, 0) is 28.4 Å². The van der Waals surface area contributed by atoms with Crippen LogP contribution in [0, 0.1) is 0 Å². The van der Waals surface area contributed by atoms with Crippen LogP contribution in [0.15, 0.2) is 0 Å². The lowest BCUT2D eigenvalue weighted by Gasteiger charge is -2.26. The van der Waals surface area contributed by atoms with Gasteiger partial charge in [0, 0.05) is 6.61 Å². The molecular formula is C20H37NO13. The summed E-state index contributed by atoms with van der Waals surface area (Å²) in [6.45, 7) is -0.508. The van der Waals surface area contributed by atoms with Crippen molar-refractivity contribution in [3.63, 3.8) is 0 Å². The molecule has 0 amide bonds. The molecule has 9 N–H and O–H groups in total. The molecule has 0 aromatic rings. The van der Waals surface area contributed by atoms with Crippen LogP contribution in [0.3, 0.4) is 0 Å². The number of ether oxygens (including phenoxy) is 6. The van der Waals surface area contributed by atoms with Gasteiger partial charge >= 0.3 is 0 Å². The highest BCUT2D eigenvalue weighted by molar-refractivity contribution is 4.93. The molecule has 0 unspecified atom stereocenters. The maximum absolute atomic E-state index is 10.8. The van der Waals surface area contributed by atoms with Crippen LogP contribution < -0.4 is 5.73 Å². The van der Waals surface area contributed by atoms with Gasteiger partial charge in [0.1, 0.15) is 54.9 Å². The fourth-order valence-corrected chi connectivity index (χ4v) is 4.09. The molecule has 3 fully saturated rings. The zero-order valence-corrected chi connectivity index (χ0v) is 18.7. The third kappa shape index (κ3) is 6.41. The average molecular weight is 500 g/mol. The van der Waals surface area contributed by atoms with Gasteiger partial charge in [-0.05, 0) is 25.8 Å². The van der Waals surface area contributed by atoms with Gasteiger partial charge in [0.15, 0.2) is 18.9 Å². The summed E-state index contributed by atoms with van der Waals surface area (Å²) in [4.78, 5) is 0. The molecule has 3 heterocycles. The van der Waals surface area contributed by atoms with Gasteiger partial charge in [0.2, 0.25) is 0 Å². The summed E-state index contributed by atoms with van der Waals surface area (Å²) in [5.74, 6) is 0. The predicted molar refractivity (Wildman–Crippen MR) is 110 cm³/mol. The Morgan fingerprint density at radius 2 is 1.18 bits per heavy atom. The topological polar surface area (TPSA) is 223 Å². The lowest BCUT2D eigenvalue weighted by molar-refractivity contribution is -0.227. The predicted octanol–water partition coefficient (Wildman–Crippen LogP) is -4.50. The summed E-state index contributed by atoms with van der Waals surface area (Å²) < 4.78 is 33.2. The molecule has 14 nitrogen and oxygen atoms in total. The fraction of sp³-hybridized carbons (Fsp3) is 1.00. The van der Waals surface area contributed by atoms with Gasteiger partial charge in [0.05, 0.1) is 19.8 Å². The SMILES string of the molecule is NCCCCCO[C@H]1O[C@H](CO[C@H]2O[C@H](CO)[C@@H](O)[C@@H]2O)[C@@H](O[C@H]2O[C@H](CO)[C@@H](O)[C@@H]2O)[C@@H]1O. The van der Waals surface area contributed by atoms with E-state index in [2.05, 4.69) is 0 Å². The maximum Gasteiger partial charge on any atom is 0.187 e. The van der Waals surface area contributed by atoms with Crippen molar-refractivity contribution in [1.82, 2.24) is 0 Å². The Hall–Kier alpha value is -0.560. The zero-order valence-electron chi connectivity index (χ0n) is 18.7. The molecule has 0 aromatic carbocycles. The molecule has 34 heavy (non-hydrogen) atoms. The van der Waals surface area contributed by atoms with Crippen LogP contribution in [-0.4, -0.2) is 143 Å². The van der Waals surface area contributed by atoms with Gasteiger partial charge in [-0.2, -0.15) is 0 Å². The van der Waals surface area contributed by atoms with E-state index >= 15 is 0 Å². The first-order valence-electron chi connectivity index (χ1n) is 11.5. The minimum absolute atomic E-state index is 0.282. The van der Waals surface area contributed by atoms with Crippen molar-refractivity contribution in [2.24, 2.45) is 5.73 Å². The summed E-state index contributed by atoms with van der Waals surface area (Å²) in [5.41, 5.74) is 5.47. The summed E-state index contributed by atoms with van der Waals surface area (Å²) in [5, 5.41) is 69.4. The van der Waals surface area contributed by atoms with Crippen molar-refractivity contribution in [2.75, 3.05) is 33.0 Å². The lowest BCUT2D eigenvalue weighted by atomic mass is 10.1. The van der Waals surface area contributed by atoms with Crippen LogP contribution in [0.1, 0.15) is 19.3 Å². The summed E-state index contributed by atoms with van der Waals surface area (Å²) in [7, 11) is 0. The largest absolute Gasteiger partial charge is 0.394 e. The zero-order chi connectivity index (χ0) is 24.8. The smallest absolute Gasteiger partial charge is 0.187 e. The Morgan fingerprint density at radius 1 is 0.618 bits per heavy atom. The van der Waals surface area contributed by atoms with E-state index in [1.807, 2.05) is 0 Å². The molecule has 0 aliphatic carbocycles. The standard InChI is InChI=1S/C20H37NO13/c21-4-2-1-3-5-29-19-16(28)17(34-20-15(27)13(25)10(7-23)32-20)11(33-19)8-30-18-14(26)12(24)9(6-22)31-18/h9-20,22-28H,1-8,21H2/t9-,10-,11-,12-,13-,14+,15+,16+,17-,18+,19+,20-/m1/s1. The first-order valence-corrected chi connectivity index (χ1v) is 11.5. The number of hydrogen-bond acceptors (Lipinski definition) is 14. The van der Waals surface area contributed by atoms with E-state index in [1.54, 1.807) is 0 Å². The first kappa shape index (κ1) is 28.0. The van der Waals surface area contributed by atoms with Crippen LogP contribution in [0.2, 0.25) is 0 Å². The molecule has 3 aliphatic rings. The third-order valence-corrected chi connectivity index (χ3v) is 6.13. The van der Waals surface area contributed by atoms with Crippen LogP contribution in [0.25, 0.3) is 0 Å². The second-order valence-electron chi connectivity index (χ2n) is 8.60. The van der Waals surface area contributed by atoms with Crippen LogP contribution >= 0.6 is 0 Å². The maximum atomic E-state index is 10.8. The molecule has 0 radical (unpaired) electrons. The normalized spacial score (nSPS) is 44.8. The molecule has 3 saturated heterocycles. The highest BCUT2D eigenvalue weighted by Gasteiger charge is 2.52. The van der Waals surface area contributed by atoms with Crippen molar-refractivity contribution in [2.45, 2.75) is 93.1 Å². The van der Waals surface area contributed by atoms with Crippen LogP contribution in [0.4, 0.5) is 0 Å². The number of aliphatic hydroxyl groups excluding tert-OH is 7. The quantitative estimate of drug-likeness (QED) is 0.112. The van der Waals surface area contributed by atoms with Crippen LogP contribution in [0.5, 0.6) is 0 Å². The number of hydrogen-bond donors (Lipinski definition) is 8. The van der Waals surface area contributed by atoms with E-state index in [-0.39, 0.29) is 13.2 Å². The van der Waals surface area contributed by atoms with Crippen molar-refractivity contribution >= 4 is 0 Å². The van der Waals surface area contributed by atoms with Gasteiger partial charge in [-0.3, -0.25) is 0 Å². The van der Waals surface area contributed by atoms with Gasteiger partial charge in [-0.1, -0.05) is 0 Å². The minimum atomic E-state index is -1.48. The molecule has 0 saturated carbocycles. The van der Waals surface area contributed by atoms with Crippen molar-refractivity contribution in [3.8, 4) is 0 Å². The van der Waals surface area contributed by atoms with E-state index in [9.17, 15) is 35.7 Å². The number of rotatable bonds is 13. The highest BCUT2D eigenvalue weighted by atomic mass is 16.8. The third-order valence-electron chi connectivity index (χ3n) is 6.13. The fourth-order valence-electron chi connectivity index (χ4n) is 4.09. The molecule has 0 aromatic heterocycles.